The van der Waals surface area contributed by atoms with Gasteiger partial charge in [0.25, 0.3) is 0 Å². The molecule has 15 heavy (non-hydrogen) atoms. The molecule has 0 aromatic carbocycles. The van der Waals surface area contributed by atoms with Gasteiger partial charge in [-0.3, -0.25) is 9.88 Å². The highest BCUT2D eigenvalue weighted by Crippen LogP contribution is 2.28. The molecule has 1 aliphatic rings. The molecule has 0 spiro atoms. The van der Waals surface area contributed by atoms with E-state index in [0.717, 1.165) is 19.5 Å². The number of nitrogens with zero attached hydrogens (tertiary/aromatic N) is 2. The van der Waals surface area contributed by atoms with Crippen LogP contribution in [-0.2, 0) is 19.5 Å². The SMILES string of the molecule is CCc1cnc2c(c1)CN(C(C)(C)C)C2. The third kappa shape index (κ3) is 2.05. The van der Waals surface area contributed by atoms with E-state index in [1.54, 1.807) is 0 Å². The van der Waals surface area contributed by atoms with Crippen molar-refractivity contribution in [2.45, 2.75) is 52.7 Å². The molecule has 0 aliphatic carbocycles. The monoisotopic (exact) mass is 204 g/mol. The van der Waals surface area contributed by atoms with Crippen LogP contribution in [0.5, 0.6) is 0 Å². The van der Waals surface area contributed by atoms with Crippen LogP contribution in [0.4, 0.5) is 0 Å². The van der Waals surface area contributed by atoms with Crippen LogP contribution in [0.1, 0.15) is 44.5 Å². The van der Waals surface area contributed by atoms with Gasteiger partial charge in [-0.05, 0) is 38.3 Å². The molecule has 0 saturated heterocycles. The van der Waals surface area contributed by atoms with Gasteiger partial charge in [0.15, 0.2) is 0 Å². The highest BCUT2D eigenvalue weighted by atomic mass is 15.2. The van der Waals surface area contributed by atoms with E-state index in [9.17, 15) is 0 Å². The minimum atomic E-state index is 0.243. The van der Waals surface area contributed by atoms with Crippen LogP contribution >= 0.6 is 0 Å². The Morgan fingerprint density at radius 3 is 2.67 bits per heavy atom. The van der Waals surface area contributed by atoms with Gasteiger partial charge in [-0.25, -0.2) is 0 Å². The van der Waals surface area contributed by atoms with Gasteiger partial charge in [0.05, 0.1) is 5.69 Å². The molecule has 0 unspecified atom stereocenters. The molecule has 0 saturated carbocycles. The Hall–Kier alpha value is -0.890. The first kappa shape index (κ1) is 10.6. The van der Waals surface area contributed by atoms with Crippen molar-refractivity contribution in [3.63, 3.8) is 0 Å². The van der Waals surface area contributed by atoms with Crippen LogP contribution in [-0.4, -0.2) is 15.4 Å². The first-order valence-electron chi connectivity index (χ1n) is 5.72. The summed E-state index contributed by atoms with van der Waals surface area (Å²) in [6, 6.07) is 2.31. The highest BCUT2D eigenvalue weighted by molar-refractivity contribution is 5.28. The Morgan fingerprint density at radius 1 is 1.33 bits per heavy atom. The number of rotatable bonds is 1. The third-order valence-corrected chi connectivity index (χ3v) is 3.18. The molecule has 1 aromatic rings. The van der Waals surface area contributed by atoms with Crippen molar-refractivity contribution in [2.24, 2.45) is 0 Å². The van der Waals surface area contributed by atoms with E-state index in [1.165, 1.54) is 16.8 Å². The second kappa shape index (κ2) is 3.60. The molecule has 82 valence electrons. The summed E-state index contributed by atoms with van der Waals surface area (Å²) in [6.45, 7) is 11.0. The van der Waals surface area contributed by atoms with Crippen LogP contribution in [0.2, 0.25) is 0 Å². The van der Waals surface area contributed by atoms with E-state index in [0.29, 0.717) is 0 Å². The van der Waals surface area contributed by atoms with Gasteiger partial charge in [-0.2, -0.15) is 0 Å². The van der Waals surface area contributed by atoms with Gasteiger partial charge in [-0.15, -0.1) is 0 Å². The smallest absolute Gasteiger partial charge is 0.0589 e. The largest absolute Gasteiger partial charge is 0.288 e. The van der Waals surface area contributed by atoms with Crippen LogP contribution in [0.3, 0.4) is 0 Å². The molecule has 0 amide bonds. The number of hydrogen-bond acceptors (Lipinski definition) is 2. The molecule has 2 heteroatoms. The number of pyridine rings is 1. The summed E-state index contributed by atoms with van der Waals surface area (Å²) in [5.41, 5.74) is 4.28. The fourth-order valence-electron chi connectivity index (χ4n) is 1.98. The van der Waals surface area contributed by atoms with Gasteiger partial charge in [0, 0.05) is 24.8 Å². The zero-order valence-electron chi connectivity index (χ0n) is 10.2. The van der Waals surface area contributed by atoms with Crippen LogP contribution in [0, 0.1) is 0 Å². The predicted molar refractivity (Wildman–Crippen MR) is 62.6 cm³/mol. The Kier molecular flexibility index (Phi) is 2.55. The quantitative estimate of drug-likeness (QED) is 0.699. The fourth-order valence-corrected chi connectivity index (χ4v) is 1.98. The van der Waals surface area contributed by atoms with Crippen molar-refractivity contribution in [1.29, 1.82) is 0 Å². The summed E-state index contributed by atoms with van der Waals surface area (Å²) in [5.74, 6) is 0. The molecule has 0 radical (unpaired) electrons. The van der Waals surface area contributed by atoms with Gasteiger partial charge >= 0.3 is 0 Å². The summed E-state index contributed by atoms with van der Waals surface area (Å²) >= 11 is 0. The van der Waals surface area contributed by atoms with Crippen molar-refractivity contribution in [2.75, 3.05) is 0 Å². The fraction of sp³-hybridized carbons (Fsp3) is 0.615. The summed E-state index contributed by atoms with van der Waals surface area (Å²) in [7, 11) is 0. The molecule has 0 N–H and O–H groups in total. The molecule has 0 fully saturated rings. The van der Waals surface area contributed by atoms with Gasteiger partial charge in [0.1, 0.15) is 0 Å². The lowest BCUT2D eigenvalue weighted by atomic mass is 10.1. The van der Waals surface area contributed by atoms with Crippen molar-refractivity contribution in [1.82, 2.24) is 9.88 Å². The van der Waals surface area contributed by atoms with Gasteiger partial charge in [0.2, 0.25) is 0 Å². The van der Waals surface area contributed by atoms with E-state index in [1.807, 2.05) is 6.20 Å². The second-order valence-electron chi connectivity index (χ2n) is 5.33. The molecular formula is C13H20N2. The van der Waals surface area contributed by atoms with Crippen molar-refractivity contribution in [3.05, 3.63) is 29.1 Å². The Morgan fingerprint density at radius 2 is 2.07 bits per heavy atom. The summed E-state index contributed by atoms with van der Waals surface area (Å²) in [5, 5.41) is 0. The second-order valence-corrected chi connectivity index (χ2v) is 5.33. The molecule has 0 bridgehead atoms. The summed E-state index contributed by atoms with van der Waals surface area (Å²) in [6.07, 6.45) is 3.10. The molecule has 1 aliphatic heterocycles. The Balaban J connectivity index is 2.24. The van der Waals surface area contributed by atoms with Crippen molar-refractivity contribution in [3.8, 4) is 0 Å². The van der Waals surface area contributed by atoms with Crippen molar-refractivity contribution < 1.29 is 0 Å². The average Bonchev–Trinajstić information content (AvgIpc) is 2.59. The molecular weight excluding hydrogens is 184 g/mol. The molecule has 2 rings (SSSR count). The van der Waals surface area contributed by atoms with E-state index >= 15 is 0 Å². The maximum Gasteiger partial charge on any atom is 0.0589 e. The lowest BCUT2D eigenvalue weighted by Gasteiger charge is -2.30. The van der Waals surface area contributed by atoms with Crippen LogP contribution in [0.15, 0.2) is 12.3 Å². The molecule has 2 nitrogen and oxygen atoms in total. The van der Waals surface area contributed by atoms with E-state index in [-0.39, 0.29) is 5.54 Å². The number of aryl methyl sites for hydroxylation is 1. The lowest BCUT2D eigenvalue weighted by molar-refractivity contribution is 0.135. The van der Waals surface area contributed by atoms with E-state index in [4.69, 9.17) is 0 Å². The average molecular weight is 204 g/mol. The highest BCUT2D eigenvalue weighted by Gasteiger charge is 2.28. The van der Waals surface area contributed by atoms with Gasteiger partial charge in [-0.1, -0.05) is 13.0 Å². The maximum atomic E-state index is 4.55. The summed E-state index contributed by atoms with van der Waals surface area (Å²) in [4.78, 5) is 7.03. The Labute approximate surface area is 92.3 Å². The lowest BCUT2D eigenvalue weighted by Crippen LogP contribution is -2.36. The van der Waals surface area contributed by atoms with E-state index in [2.05, 4.69) is 43.6 Å². The zero-order valence-corrected chi connectivity index (χ0v) is 10.2. The minimum Gasteiger partial charge on any atom is -0.288 e. The zero-order chi connectivity index (χ0) is 11.1. The summed E-state index contributed by atoms with van der Waals surface area (Å²) < 4.78 is 0. The van der Waals surface area contributed by atoms with Crippen LogP contribution in [0.25, 0.3) is 0 Å². The normalized spacial score (nSPS) is 16.8. The predicted octanol–water partition coefficient (Wildman–Crippen LogP) is 2.76. The minimum absolute atomic E-state index is 0.243. The number of hydrogen-bond donors (Lipinski definition) is 0. The standard InChI is InChI=1S/C13H20N2/c1-5-10-6-11-8-15(13(2,3)4)9-12(11)14-7-10/h6-7H,5,8-9H2,1-4H3. The molecule has 2 heterocycles. The first-order chi connectivity index (χ1) is 7.00. The van der Waals surface area contributed by atoms with Gasteiger partial charge < -0.3 is 0 Å². The van der Waals surface area contributed by atoms with Crippen molar-refractivity contribution >= 4 is 0 Å². The molecule has 1 aromatic heterocycles. The maximum absolute atomic E-state index is 4.55. The van der Waals surface area contributed by atoms with Crippen LogP contribution < -0.4 is 0 Å². The third-order valence-electron chi connectivity index (χ3n) is 3.18. The van der Waals surface area contributed by atoms with E-state index < -0.39 is 0 Å². The number of fused-ring (bicyclic) bond motifs is 1. The Bertz CT molecular complexity index is 363. The molecule has 0 atom stereocenters. The first-order valence-corrected chi connectivity index (χ1v) is 5.72. The topological polar surface area (TPSA) is 16.1 Å². The number of aromatic nitrogens is 1.